The number of aromatic nitrogens is 1. The summed E-state index contributed by atoms with van der Waals surface area (Å²) in [6.07, 6.45) is 1.46. The summed E-state index contributed by atoms with van der Waals surface area (Å²) in [7, 11) is 0. The van der Waals surface area contributed by atoms with Crippen LogP contribution in [0.1, 0.15) is 23.9 Å². The zero-order valence-corrected chi connectivity index (χ0v) is 18.4. The summed E-state index contributed by atoms with van der Waals surface area (Å²) in [5.74, 6) is -1.12. The number of nitro benzene ring substituents is 1. The Balaban J connectivity index is 1.63. The molecule has 3 aromatic rings. The van der Waals surface area contributed by atoms with Crippen molar-refractivity contribution in [2.45, 2.75) is 20.8 Å². The van der Waals surface area contributed by atoms with Crippen LogP contribution < -0.4 is 15.5 Å². The maximum atomic E-state index is 12.0. The van der Waals surface area contributed by atoms with Crippen LogP contribution in [0, 0.1) is 24.0 Å². The predicted molar refractivity (Wildman–Crippen MR) is 124 cm³/mol. The number of carbonyl (C=O) groups excluding carboxylic acids is 2. The van der Waals surface area contributed by atoms with Gasteiger partial charge in [-0.15, -0.1) is 0 Å². The van der Waals surface area contributed by atoms with E-state index in [-0.39, 0.29) is 11.4 Å². The lowest BCUT2D eigenvalue weighted by Gasteiger charge is -2.10. The number of hydrogen-bond donors (Lipinski definition) is 2. The Hall–Kier alpha value is -4.47. The number of anilines is 1. The Labute approximate surface area is 190 Å². The van der Waals surface area contributed by atoms with Gasteiger partial charge in [-0.25, -0.2) is 5.43 Å². The van der Waals surface area contributed by atoms with E-state index in [1.807, 2.05) is 55.7 Å². The van der Waals surface area contributed by atoms with Crippen molar-refractivity contribution in [3.63, 3.8) is 0 Å². The van der Waals surface area contributed by atoms with E-state index in [1.165, 1.54) is 30.5 Å². The summed E-state index contributed by atoms with van der Waals surface area (Å²) >= 11 is 0. The molecular weight excluding hydrogens is 426 g/mol. The molecule has 10 heteroatoms. The maximum absolute atomic E-state index is 12.0. The molecule has 0 radical (unpaired) electrons. The number of nitro groups is 1. The summed E-state index contributed by atoms with van der Waals surface area (Å²) in [6.45, 7) is 6.40. The van der Waals surface area contributed by atoms with Gasteiger partial charge in [-0.05, 0) is 63.2 Å². The molecule has 2 aromatic carbocycles. The first-order valence-corrected chi connectivity index (χ1v) is 10.1. The lowest BCUT2D eigenvalue weighted by Crippen LogP contribution is -2.32. The van der Waals surface area contributed by atoms with Crippen LogP contribution in [-0.2, 0) is 9.59 Å². The second-order valence-corrected chi connectivity index (χ2v) is 7.05. The standard InChI is InChI=1S/C23H23N5O5/c1-4-33-21-11-9-19(10-12-21)27-15(2)13-17(16(27)3)14-24-26-23(30)22(29)25-18-5-7-20(8-6-18)28(31)32/h5-14H,4H2,1-3H3,(H,25,29)(H,26,30)/b24-14-. The van der Waals surface area contributed by atoms with Crippen LogP contribution >= 0.6 is 0 Å². The molecule has 0 bridgehead atoms. The van der Waals surface area contributed by atoms with Crippen molar-refractivity contribution in [3.8, 4) is 11.4 Å². The number of nitrogens with one attached hydrogen (secondary N) is 2. The summed E-state index contributed by atoms with van der Waals surface area (Å²) in [5.41, 5.74) is 5.93. The number of non-ortho nitro benzene ring substituents is 1. The number of carbonyl (C=O) groups is 2. The van der Waals surface area contributed by atoms with Crippen LogP contribution in [-0.4, -0.2) is 34.1 Å². The van der Waals surface area contributed by atoms with Gasteiger partial charge in [0, 0.05) is 40.5 Å². The third kappa shape index (κ3) is 5.62. The summed E-state index contributed by atoms with van der Waals surface area (Å²) in [4.78, 5) is 34.1. The Bertz CT molecular complexity index is 1200. The van der Waals surface area contributed by atoms with E-state index in [2.05, 4.69) is 15.8 Å². The normalized spacial score (nSPS) is 10.8. The van der Waals surface area contributed by atoms with Gasteiger partial charge >= 0.3 is 11.8 Å². The van der Waals surface area contributed by atoms with Gasteiger partial charge in [0.2, 0.25) is 0 Å². The number of rotatable bonds is 7. The predicted octanol–water partition coefficient (Wildman–Crippen LogP) is 3.49. The van der Waals surface area contributed by atoms with Gasteiger partial charge in [-0.2, -0.15) is 5.10 Å². The minimum Gasteiger partial charge on any atom is -0.494 e. The molecule has 2 N–H and O–H groups in total. The van der Waals surface area contributed by atoms with Crippen molar-refractivity contribution < 1.29 is 19.2 Å². The monoisotopic (exact) mass is 449 g/mol. The van der Waals surface area contributed by atoms with E-state index in [0.29, 0.717) is 6.61 Å². The van der Waals surface area contributed by atoms with Crippen molar-refractivity contribution in [2.75, 3.05) is 11.9 Å². The van der Waals surface area contributed by atoms with Crippen LogP contribution in [0.15, 0.2) is 59.7 Å². The highest BCUT2D eigenvalue weighted by molar-refractivity contribution is 6.39. The fourth-order valence-corrected chi connectivity index (χ4v) is 3.24. The van der Waals surface area contributed by atoms with Crippen molar-refractivity contribution in [1.29, 1.82) is 0 Å². The van der Waals surface area contributed by atoms with Crippen LogP contribution in [0.5, 0.6) is 5.75 Å². The molecule has 0 atom stereocenters. The zero-order valence-electron chi connectivity index (χ0n) is 18.4. The average Bonchev–Trinajstić information content (AvgIpc) is 3.07. The van der Waals surface area contributed by atoms with Gasteiger partial charge in [0.1, 0.15) is 5.75 Å². The molecule has 170 valence electrons. The Morgan fingerprint density at radius 2 is 1.76 bits per heavy atom. The highest BCUT2D eigenvalue weighted by atomic mass is 16.6. The second-order valence-electron chi connectivity index (χ2n) is 7.05. The number of nitrogens with zero attached hydrogens (tertiary/aromatic N) is 3. The largest absolute Gasteiger partial charge is 0.494 e. The van der Waals surface area contributed by atoms with E-state index in [1.54, 1.807) is 0 Å². The van der Waals surface area contributed by atoms with Crippen LogP contribution in [0.3, 0.4) is 0 Å². The topological polar surface area (TPSA) is 128 Å². The molecule has 1 heterocycles. The van der Waals surface area contributed by atoms with E-state index in [4.69, 9.17) is 4.74 Å². The van der Waals surface area contributed by atoms with Crippen molar-refractivity contribution in [2.24, 2.45) is 5.10 Å². The lowest BCUT2D eigenvalue weighted by molar-refractivity contribution is -0.384. The molecule has 10 nitrogen and oxygen atoms in total. The van der Waals surface area contributed by atoms with Crippen LogP contribution in [0.4, 0.5) is 11.4 Å². The average molecular weight is 449 g/mol. The quantitative estimate of drug-likeness (QED) is 0.247. The smallest absolute Gasteiger partial charge is 0.329 e. The highest BCUT2D eigenvalue weighted by Crippen LogP contribution is 2.22. The summed E-state index contributed by atoms with van der Waals surface area (Å²) < 4.78 is 7.52. The second kappa shape index (κ2) is 10.2. The lowest BCUT2D eigenvalue weighted by atomic mass is 10.2. The van der Waals surface area contributed by atoms with Crippen molar-refractivity contribution in [3.05, 3.63) is 81.7 Å². The fraction of sp³-hybridized carbons (Fsp3) is 0.174. The van der Waals surface area contributed by atoms with Gasteiger partial charge in [-0.1, -0.05) is 0 Å². The number of hydrazone groups is 1. The number of ether oxygens (including phenoxy) is 1. The van der Waals surface area contributed by atoms with Crippen molar-refractivity contribution in [1.82, 2.24) is 9.99 Å². The molecule has 2 amide bonds. The molecule has 0 aliphatic carbocycles. The van der Waals surface area contributed by atoms with Gasteiger partial charge < -0.3 is 14.6 Å². The Kier molecular flexibility index (Phi) is 7.19. The number of amides is 2. The van der Waals surface area contributed by atoms with E-state index in [0.717, 1.165) is 28.4 Å². The van der Waals surface area contributed by atoms with E-state index >= 15 is 0 Å². The molecule has 0 fully saturated rings. The maximum Gasteiger partial charge on any atom is 0.329 e. The molecular formula is C23H23N5O5. The van der Waals surface area contributed by atoms with Crippen molar-refractivity contribution >= 4 is 29.4 Å². The summed E-state index contributed by atoms with van der Waals surface area (Å²) in [6, 6.07) is 14.7. The fourth-order valence-electron chi connectivity index (χ4n) is 3.24. The molecule has 0 aliphatic rings. The molecule has 0 saturated carbocycles. The molecule has 33 heavy (non-hydrogen) atoms. The first-order valence-electron chi connectivity index (χ1n) is 10.1. The molecule has 0 saturated heterocycles. The number of benzene rings is 2. The number of hydrogen-bond acceptors (Lipinski definition) is 6. The molecule has 0 aliphatic heterocycles. The van der Waals surface area contributed by atoms with Gasteiger partial charge in [0.15, 0.2) is 0 Å². The van der Waals surface area contributed by atoms with Crippen LogP contribution in [0.25, 0.3) is 5.69 Å². The first-order chi connectivity index (χ1) is 15.8. The number of aryl methyl sites for hydroxylation is 1. The van der Waals surface area contributed by atoms with E-state index < -0.39 is 16.7 Å². The molecule has 3 rings (SSSR count). The van der Waals surface area contributed by atoms with Gasteiger partial charge in [-0.3, -0.25) is 19.7 Å². The highest BCUT2D eigenvalue weighted by Gasteiger charge is 2.14. The molecule has 0 spiro atoms. The SMILES string of the molecule is CCOc1ccc(-n2c(C)cc(/C=N\NC(=O)C(=O)Nc3ccc([N+](=O)[O-])cc3)c2C)cc1. The Morgan fingerprint density at radius 3 is 2.36 bits per heavy atom. The zero-order chi connectivity index (χ0) is 24.0. The summed E-state index contributed by atoms with van der Waals surface area (Å²) in [5, 5.41) is 16.9. The first kappa shape index (κ1) is 23.2. The van der Waals surface area contributed by atoms with Gasteiger partial charge in [0.25, 0.3) is 5.69 Å². The van der Waals surface area contributed by atoms with E-state index in [9.17, 15) is 19.7 Å². The Morgan fingerprint density at radius 1 is 1.09 bits per heavy atom. The van der Waals surface area contributed by atoms with Crippen LogP contribution in [0.2, 0.25) is 0 Å². The minimum atomic E-state index is -0.968. The van der Waals surface area contributed by atoms with Gasteiger partial charge in [0.05, 0.1) is 17.7 Å². The third-order valence-electron chi connectivity index (χ3n) is 4.79. The molecule has 0 unspecified atom stereocenters. The molecule has 1 aromatic heterocycles. The third-order valence-corrected chi connectivity index (χ3v) is 4.79. The minimum absolute atomic E-state index is 0.120.